The first-order valence-electron chi connectivity index (χ1n) is 6.44. The zero-order chi connectivity index (χ0) is 15.2. The first kappa shape index (κ1) is 15.3. The molecule has 0 unspecified atom stereocenters. The lowest BCUT2D eigenvalue weighted by Gasteiger charge is -2.10. The third-order valence-corrected chi connectivity index (χ3v) is 3.31. The molecule has 0 amide bonds. The van der Waals surface area contributed by atoms with E-state index in [1.165, 1.54) is 6.07 Å². The summed E-state index contributed by atoms with van der Waals surface area (Å²) < 4.78 is 19.4. The van der Waals surface area contributed by atoms with E-state index in [2.05, 4.69) is 0 Å². The maximum Gasteiger partial charge on any atom is 0.147 e. The minimum absolute atomic E-state index is 0.000454. The summed E-state index contributed by atoms with van der Waals surface area (Å²) in [6.45, 7) is 0.556. The van der Waals surface area contributed by atoms with Gasteiger partial charge in [-0.15, -0.1) is 0 Å². The number of nitrogens with two attached hydrogens (primary N) is 1. The molecule has 2 aromatic rings. The average molecular weight is 305 g/mol. The molecule has 0 aliphatic carbocycles. The number of halogens is 2. The molecule has 0 radical (unpaired) electrons. The Morgan fingerprint density at radius 2 is 2.10 bits per heavy atom. The molecule has 21 heavy (non-hydrogen) atoms. The van der Waals surface area contributed by atoms with E-state index >= 15 is 0 Å². The molecule has 108 valence electrons. The molecule has 0 atom stereocenters. The second-order valence-corrected chi connectivity index (χ2v) is 4.89. The molecule has 3 nitrogen and oxygen atoms in total. The van der Waals surface area contributed by atoms with Gasteiger partial charge in [-0.1, -0.05) is 29.8 Å². The first-order valence-corrected chi connectivity index (χ1v) is 6.82. The third-order valence-electron chi connectivity index (χ3n) is 3.01. The molecule has 0 fully saturated rings. The van der Waals surface area contributed by atoms with E-state index in [4.69, 9.17) is 27.3 Å². The molecule has 0 saturated carbocycles. The van der Waals surface area contributed by atoms with Crippen molar-refractivity contribution in [3.63, 3.8) is 0 Å². The largest absolute Gasteiger partial charge is 0.487 e. The van der Waals surface area contributed by atoms with Gasteiger partial charge in [0.05, 0.1) is 10.6 Å². The summed E-state index contributed by atoms with van der Waals surface area (Å²) in [5.41, 5.74) is 6.82. The van der Waals surface area contributed by atoms with Gasteiger partial charge in [0.2, 0.25) is 0 Å². The predicted molar refractivity (Wildman–Crippen MR) is 79.7 cm³/mol. The lowest BCUT2D eigenvalue weighted by molar-refractivity contribution is 0.300. The second-order valence-electron chi connectivity index (χ2n) is 4.48. The number of rotatable bonds is 5. The summed E-state index contributed by atoms with van der Waals surface area (Å²) >= 11 is 6.12. The van der Waals surface area contributed by atoms with Crippen LogP contribution in [0.4, 0.5) is 4.39 Å². The Hall–Kier alpha value is -2.09. The Bertz CT molecular complexity index is 682. The van der Waals surface area contributed by atoms with Crippen LogP contribution in [0.25, 0.3) is 0 Å². The highest BCUT2D eigenvalue weighted by atomic mass is 35.5. The smallest absolute Gasteiger partial charge is 0.147 e. The van der Waals surface area contributed by atoms with Crippen LogP contribution >= 0.6 is 11.6 Å². The maximum atomic E-state index is 13.9. The van der Waals surface area contributed by atoms with E-state index in [-0.39, 0.29) is 12.2 Å². The fourth-order valence-electron chi connectivity index (χ4n) is 1.92. The van der Waals surface area contributed by atoms with Crippen LogP contribution in [0.1, 0.15) is 16.7 Å². The summed E-state index contributed by atoms with van der Waals surface area (Å²) in [6.07, 6.45) is 0.735. The first-order chi connectivity index (χ1) is 10.2. The summed E-state index contributed by atoms with van der Waals surface area (Å²) in [5.74, 6) is -0.0879. The molecule has 0 aromatic heterocycles. The van der Waals surface area contributed by atoms with Gasteiger partial charge in [0, 0.05) is 5.56 Å². The molecule has 0 spiro atoms. The molecular formula is C16H14ClFN2O. The van der Waals surface area contributed by atoms with Crippen molar-refractivity contribution in [1.82, 2.24) is 0 Å². The van der Waals surface area contributed by atoms with Crippen LogP contribution in [0.15, 0.2) is 36.4 Å². The number of hydrogen-bond acceptors (Lipinski definition) is 3. The van der Waals surface area contributed by atoms with Crippen molar-refractivity contribution in [2.24, 2.45) is 5.73 Å². The van der Waals surface area contributed by atoms with Gasteiger partial charge in [0.25, 0.3) is 0 Å². The van der Waals surface area contributed by atoms with Crippen molar-refractivity contribution in [1.29, 1.82) is 5.26 Å². The Morgan fingerprint density at radius 3 is 2.76 bits per heavy atom. The van der Waals surface area contributed by atoms with E-state index in [1.807, 2.05) is 6.07 Å². The SMILES string of the molecule is N#Cc1cccc(COc2ccc(CCN)cc2Cl)c1F. The van der Waals surface area contributed by atoms with Gasteiger partial charge in [0.1, 0.15) is 24.2 Å². The van der Waals surface area contributed by atoms with Gasteiger partial charge in [-0.3, -0.25) is 0 Å². The zero-order valence-corrected chi connectivity index (χ0v) is 12.0. The van der Waals surface area contributed by atoms with Crippen LogP contribution in [0.2, 0.25) is 5.02 Å². The number of hydrogen-bond donors (Lipinski definition) is 1. The summed E-state index contributed by atoms with van der Waals surface area (Å²) in [7, 11) is 0. The topological polar surface area (TPSA) is 59.0 Å². The van der Waals surface area contributed by atoms with Crippen molar-refractivity contribution in [3.8, 4) is 11.8 Å². The summed E-state index contributed by atoms with van der Waals surface area (Å²) in [4.78, 5) is 0. The number of benzene rings is 2. The standard InChI is InChI=1S/C16H14ClFN2O/c17-14-8-11(6-7-19)4-5-15(14)21-10-13-3-1-2-12(9-20)16(13)18/h1-5,8H,6-7,10,19H2. The monoisotopic (exact) mass is 304 g/mol. The lowest BCUT2D eigenvalue weighted by Crippen LogP contribution is -2.03. The Balaban J connectivity index is 2.12. The van der Waals surface area contributed by atoms with Crippen LogP contribution in [-0.4, -0.2) is 6.54 Å². The molecule has 0 heterocycles. The molecule has 2 rings (SSSR count). The van der Waals surface area contributed by atoms with Gasteiger partial charge in [-0.05, 0) is 36.7 Å². The number of ether oxygens (including phenoxy) is 1. The highest BCUT2D eigenvalue weighted by Gasteiger charge is 2.09. The van der Waals surface area contributed by atoms with E-state index < -0.39 is 5.82 Å². The van der Waals surface area contributed by atoms with E-state index in [0.29, 0.717) is 22.9 Å². The maximum absolute atomic E-state index is 13.9. The molecule has 2 N–H and O–H groups in total. The van der Waals surface area contributed by atoms with Crippen LogP contribution in [0, 0.1) is 17.1 Å². The Morgan fingerprint density at radius 1 is 1.29 bits per heavy atom. The van der Waals surface area contributed by atoms with Crippen molar-refractivity contribution in [2.45, 2.75) is 13.0 Å². The molecule has 2 aromatic carbocycles. The Kier molecular flexibility index (Phi) is 5.15. The highest BCUT2D eigenvalue weighted by Crippen LogP contribution is 2.27. The fraction of sp³-hybridized carbons (Fsp3) is 0.188. The second kappa shape index (κ2) is 7.07. The van der Waals surface area contributed by atoms with E-state index in [1.54, 1.807) is 30.3 Å². The number of nitrogens with zero attached hydrogens (tertiary/aromatic N) is 1. The third kappa shape index (κ3) is 3.72. The van der Waals surface area contributed by atoms with Crippen LogP contribution in [-0.2, 0) is 13.0 Å². The van der Waals surface area contributed by atoms with Crippen molar-refractivity contribution in [3.05, 3.63) is 63.9 Å². The van der Waals surface area contributed by atoms with Gasteiger partial charge >= 0.3 is 0 Å². The van der Waals surface area contributed by atoms with Gasteiger partial charge in [0.15, 0.2) is 0 Å². The lowest BCUT2D eigenvalue weighted by atomic mass is 10.1. The van der Waals surface area contributed by atoms with Crippen LogP contribution in [0.3, 0.4) is 0 Å². The molecule has 0 aliphatic heterocycles. The van der Waals surface area contributed by atoms with Gasteiger partial charge < -0.3 is 10.5 Å². The molecule has 5 heteroatoms. The summed E-state index contributed by atoms with van der Waals surface area (Å²) in [6, 6.07) is 11.8. The van der Waals surface area contributed by atoms with Crippen LogP contribution in [0.5, 0.6) is 5.75 Å². The molecule has 0 saturated heterocycles. The van der Waals surface area contributed by atoms with E-state index in [9.17, 15) is 4.39 Å². The molecule has 0 aliphatic rings. The average Bonchev–Trinajstić information content (AvgIpc) is 2.48. The molecular weight excluding hydrogens is 291 g/mol. The van der Waals surface area contributed by atoms with Gasteiger partial charge in [-0.25, -0.2) is 4.39 Å². The summed E-state index contributed by atoms with van der Waals surface area (Å²) in [5, 5.41) is 9.25. The van der Waals surface area contributed by atoms with Gasteiger partial charge in [-0.2, -0.15) is 5.26 Å². The number of nitriles is 1. The zero-order valence-electron chi connectivity index (χ0n) is 11.3. The minimum Gasteiger partial charge on any atom is -0.487 e. The van der Waals surface area contributed by atoms with Crippen molar-refractivity contribution < 1.29 is 9.13 Å². The van der Waals surface area contributed by atoms with Crippen molar-refractivity contribution >= 4 is 11.6 Å². The fourth-order valence-corrected chi connectivity index (χ4v) is 2.17. The Labute approximate surface area is 127 Å². The highest BCUT2D eigenvalue weighted by molar-refractivity contribution is 6.32. The predicted octanol–water partition coefficient (Wildman–Crippen LogP) is 3.43. The normalized spacial score (nSPS) is 10.2. The van der Waals surface area contributed by atoms with E-state index in [0.717, 1.165) is 12.0 Å². The van der Waals surface area contributed by atoms with Crippen LogP contribution < -0.4 is 10.5 Å². The molecule has 0 bridgehead atoms. The quantitative estimate of drug-likeness (QED) is 0.920. The van der Waals surface area contributed by atoms with Crippen molar-refractivity contribution in [2.75, 3.05) is 6.54 Å². The minimum atomic E-state index is -0.559.